The lowest BCUT2D eigenvalue weighted by molar-refractivity contribution is -0.125. The van der Waals surface area contributed by atoms with E-state index in [9.17, 15) is 9.59 Å². The zero-order valence-corrected chi connectivity index (χ0v) is 19.5. The van der Waals surface area contributed by atoms with Crippen LogP contribution in [0.5, 0.6) is 5.75 Å². The van der Waals surface area contributed by atoms with Gasteiger partial charge in [0.05, 0.1) is 21.7 Å². The minimum atomic E-state index is -0.417. The molecule has 1 atom stereocenters. The zero-order valence-electron chi connectivity index (χ0n) is 18.0. The summed E-state index contributed by atoms with van der Waals surface area (Å²) in [6, 6.07) is 20.2. The Morgan fingerprint density at radius 3 is 2.45 bits per heavy atom. The number of benzene rings is 3. The number of hydrogen-bond acceptors (Lipinski definition) is 4. The van der Waals surface area contributed by atoms with Gasteiger partial charge in [0.15, 0.2) is 0 Å². The quantitative estimate of drug-likeness (QED) is 0.442. The van der Waals surface area contributed by atoms with Crippen molar-refractivity contribution in [1.29, 1.82) is 0 Å². The molecule has 170 valence electrons. The van der Waals surface area contributed by atoms with Crippen molar-refractivity contribution in [2.75, 3.05) is 16.9 Å². The number of carbonyl (C=O) groups excluding carboxylic acids is 2. The molecule has 0 unspecified atom stereocenters. The van der Waals surface area contributed by atoms with Crippen molar-refractivity contribution in [3.63, 3.8) is 0 Å². The van der Waals surface area contributed by atoms with Crippen molar-refractivity contribution in [3.8, 4) is 5.75 Å². The van der Waals surface area contributed by atoms with Gasteiger partial charge in [-0.2, -0.15) is 0 Å². The van der Waals surface area contributed by atoms with Crippen LogP contribution in [0.1, 0.15) is 17.5 Å². The van der Waals surface area contributed by atoms with Crippen molar-refractivity contribution in [1.82, 2.24) is 5.43 Å². The summed E-state index contributed by atoms with van der Waals surface area (Å²) in [5.74, 6) is -0.0198. The summed E-state index contributed by atoms with van der Waals surface area (Å²) >= 11 is 12.0. The molecule has 0 aromatic heterocycles. The highest BCUT2D eigenvalue weighted by molar-refractivity contribution is 6.42. The molecule has 1 heterocycles. The molecule has 0 radical (unpaired) electrons. The van der Waals surface area contributed by atoms with Crippen LogP contribution in [-0.2, 0) is 16.2 Å². The number of hydrazine groups is 1. The Hall–Kier alpha value is -3.22. The molecule has 0 spiro atoms. The van der Waals surface area contributed by atoms with E-state index in [0.717, 1.165) is 16.8 Å². The van der Waals surface area contributed by atoms with Gasteiger partial charge >= 0.3 is 0 Å². The Kier molecular flexibility index (Phi) is 7.06. The molecule has 6 nitrogen and oxygen atoms in total. The summed E-state index contributed by atoms with van der Waals surface area (Å²) in [6.45, 7) is 2.70. The van der Waals surface area contributed by atoms with Crippen LogP contribution in [0.15, 0.2) is 66.7 Å². The summed E-state index contributed by atoms with van der Waals surface area (Å²) in [5.41, 5.74) is 9.13. The molecule has 1 aliphatic heterocycles. The Labute approximate surface area is 202 Å². The number of rotatable bonds is 7. The lowest BCUT2D eigenvalue weighted by Crippen LogP contribution is -2.36. The maximum Gasteiger partial charge on any atom is 0.243 e. The number of ether oxygens (including phenoxy) is 1. The first-order valence-corrected chi connectivity index (χ1v) is 11.2. The lowest BCUT2D eigenvalue weighted by Gasteiger charge is -2.17. The molecule has 3 aromatic rings. The molecular weight excluding hydrogens is 461 g/mol. The lowest BCUT2D eigenvalue weighted by atomic mass is 10.1. The predicted octanol–water partition coefficient (Wildman–Crippen LogP) is 5.38. The number of hydrogen-bond donors (Lipinski definition) is 2. The second kappa shape index (κ2) is 10.1. The van der Waals surface area contributed by atoms with Crippen LogP contribution < -0.4 is 20.5 Å². The molecule has 1 aliphatic rings. The first kappa shape index (κ1) is 23.0. The summed E-state index contributed by atoms with van der Waals surface area (Å²) < 4.78 is 5.76. The SMILES string of the molecule is Cc1ccc(N2C[C@@H](C(=O)NNc3ccc(OCc4ccc(Cl)c(Cl)c4)cc3)CC2=O)cc1. The standard InChI is InChI=1S/C25H23Cl2N3O3/c1-16-2-7-20(8-3-16)30-14-18(13-24(30)31)25(32)29-28-19-5-9-21(10-6-19)33-15-17-4-11-22(26)23(27)12-17/h2-12,18,28H,13-15H2,1H3,(H,29,32)/t18-/m0/s1. The Morgan fingerprint density at radius 2 is 1.76 bits per heavy atom. The number of aryl methyl sites for hydroxylation is 1. The fourth-order valence-electron chi connectivity index (χ4n) is 3.52. The van der Waals surface area contributed by atoms with Gasteiger partial charge in [-0.05, 0) is 61.0 Å². The molecule has 4 rings (SSSR count). The van der Waals surface area contributed by atoms with E-state index in [1.165, 1.54) is 0 Å². The minimum Gasteiger partial charge on any atom is -0.489 e. The second-order valence-corrected chi connectivity index (χ2v) is 8.73. The number of halogens is 2. The molecule has 0 aliphatic carbocycles. The van der Waals surface area contributed by atoms with E-state index in [4.69, 9.17) is 27.9 Å². The van der Waals surface area contributed by atoms with E-state index < -0.39 is 5.92 Å². The highest BCUT2D eigenvalue weighted by Crippen LogP contribution is 2.26. The van der Waals surface area contributed by atoms with Gasteiger partial charge in [-0.25, -0.2) is 0 Å². The topological polar surface area (TPSA) is 70.7 Å². The van der Waals surface area contributed by atoms with Gasteiger partial charge in [0.2, 0.25) is 11.8 Å². The van der Waals surface area contributed by atoms with Gasteiger partial charge in [0, 0.05) is 18.7 Å². The maximum absolute atomic E-state index is 12.6. The Bertz CT molecular complexity index is 1150. The van der Waals surface area contributed by atoms with Crippen LogP contribution in [0.4, 0.5) is 11.4 Å². The number of nitrogens with zero attached hydrogens (tertiary/aromatic N) is 1. The molecule has 0 bridgehead atoms. The average molecular weight is 484 g/mol. The molecule has 3 aromatic carbocycles. The monoisotopic (exact) mass is 483 g/mol. The Balaban J connectivity index is 1.26. The molecule has 1 saturated heterocycles. The maximum atomic E-state index is 12.6. The minimum absolute atomic E-state index is 0.0533. The van der Waals surface area contributed by atoms with Crippen LogP contribution in [0.25, 0.3) is 0 Å². The van der Waals surface area contributed by atoms with E-state index in [1.54, 1.807) is 41.3 Å². The number of anilines is 2. The smallest absolute Gasteiger partial charge is 0.243 e. The van der Waals surface area contributed by atoms with Crippen molar-refractivity contribution in [3.05, 3.63) is 87.9 Å². The van der Waals surface area contributed by atoms with E-state index in [0.29, 0.717) is 34.6 Å². The van der Waals surface area contributed by atoms with Gasteiger partial charge in [-0.3, -0.25) is 20.4 Å². The third-order valence-corrected chi connectivity index (χ3v) is 6.15. The van der Waals surface area contributed by atoms with E-state index >= 15 is 0 Å². The van der Waals surface area contributed by atoms with Gasteiger partial charge in [-0.1, -0.05) is 47.0 Å². The summed E-state index contributed by atoms with van der Waals surface area (Å²) in [7, 11) is 0. The molecule has 2 amide bonds. The average Bonchev–Trinajstić information content (AvgIpc) is 3.21. The van der Waals surface area contributed by atoms with Crippen LogP contribution in [0.2, 0.25) is 10.0 Å². The third kappa shape index (κ3) is 5.78. The zero-order chi connectivity index (χ0) is 23.4. The largest absolute Gasteiger partial charge is 0.489 e. The molecule has 1 fully saturated rings. The molecule has 2 N–H and O–H groups in total. The first-order chi connectivity index (χ1) is 15.9. The number of carbonyl (C=O) groups is 2. The first-order valence-electron chi connectivity index (χ1n) is 10.5. The van der Waals surface area contributed by atoms with Crippen molar-refractivity contribution in [2.24, 2.45) is 5.92 Å². The van der Waals surface area contributed by atoms with Crippen molar-refractivity contribution < 1.29 is 14.3 Å². The van der Waals surface area contributed by atoms with Crippen LogP contribution in [-0.4, -0.2) is 18.4 Å². The summed E-state index contributed by atoms with van der Waals surface area (Å²) in [6.07, 6.45) is 0.183. The van der Waals surface area contributed by atoms with E-state index in [1.807, 2.05) is 37.3 Å². The third-order valence-electron chi connectivity index (χ3n) is 5.42. The van der Waals surface area contributed by atoms with Crippen LogP contribution in [0, 0.1) is 12.8 Å². The molecule has 8 heteroatoms. The van der Waals surface area contributed by atoms with Crippen LogP contribution in [0.3, 0.4) is 0 Å². The molecule has 0 saturated carbocycles. The second-order valence-electron chi connectivity index (χ2n) is 7.92. The van der Waals surface area contributed by atoms with E-state index in [2.05, 4.69) is 10.9 Å². The predicted molar refractivity (Wildman–Crippen MR) is 131 cm³/mol. The molecular formula is C25H23Cl2N3O3. The normalized spacial score (nSPS) is 15.4. The summed E-state index contributed by atoms with van der Waals surface area (Å²) in [5, 5.41) is 0.988. The van der Waals surface area contributed by atoms with E-state index in [-0.39, 0.29) is 18.2 Å². The van der Waals surface area contributed by atoms with Gasteiger partial charge in [0.25, 0.3) is 0 Å². The van der Waals surface area contributed by atoms with Crippen molar-refractivity contribution >= 4 is 46.4 Å². The van der Waals surface area contributed by atoms with Crippen molar-refractivity contribution in [2.45, 2.75) is 20.0 Å². The van der Waals surface area contributed by atoms with Crippen LogP contribution >= 0.6 is 23.2 Å². The molecule has 33 heavy (non-hydrogen) atoms. The van der Waals surface area contributed by atoms with Gasteiger partial charge in [0.1, 0.15) is 12.4 Å². The fourth-order valence-corrected chi connectivity index (χ4v) is 3.84. The fraction of sp³-hybridized carbons (Fsp3) is 0.200. The summed E-state index contributed by atoms with van der Waals surface area (Å²) in [4.78, 5) is 26.6. The number of amides is 2. The highest BCUT2D eigenvalue weighted by Gasteiger charge is 2.35. The number of nitrogens with one attached hydrogen (secondary N) is 2. The van der Waals surface area contributed by atoms with Gasteiger partial charge in [-0.15, -0.1) is 0 Å². The highest BCUT2D eigenvalue weighted by atomic mass is 35.5. The Morgan fingerprint density at radius 1 is 1.03 bits per heavy atom. The van der Waals surface area contributed by atoms with Gasteiger partial charge < -0.3 is 9.64 Å².